The summed E-state index contributed by atoms with van der Waals surface area (Å²) in [5.41, 5.74) is 2.14. The van der Waals surface area contributed by atoms with Crippen LogP contribution in [0.2, 0.25) is 5.02 Å². The lowest BCUT2D eigenvalue weighted by atomic mass is 10.2. The molecule has 1 heterocycles. The Morgan fingerprint density at radius 1 is 1.19 bits per heavy atom. The Labute approximate surface area is 121 Å². The van der Waals surface area contributed by atoms with E-state index in [1.54, 1.807) is 0 Å². The van der Waals surface area contributed by atoms with Crippen molar-refractivity contribution in [1.29, 1.82) is 0 Å². The quantitative estimate of drug-likeness (QED) is 0.815. The van der Waals surface area contributed by atoms with Crippen LogP contribution < -0.4 is 17.0 Å². The summed E-state index contributed by atoms with van der Waals surface area (Å²) in [5, 5.41) is 0.204. The minimum atomic E-state index is -4.80. The van der Waals surface area contributed by atoms with Crippen LogP contribution >= 0.6 is 11.6 Å². The molecule has 0 radical (unpaired) electrons. The van der Waals surface area contributed by atoms with Crippen molar-refractivity contribution in [1.82, 2.24) is 9.13 Å². The zero-order valence-corrected chi connectivity index (χ0v) is 11.4. The van der Waals surface area contributed by atoms with Crippen LogP contribution in [0, 0.1) is 0 Å². The average molecular weight is 320 g/mol. The van der Waals surface area contributed by atoms with E-state index in [1.165, 1.54) is 18.2 Å². The van der Waals surface area contributed by atoms with E-state index in [-0.39, 0.29) is 16.4 Å². The van der Waals surface area contributed by atoms with E-state index >= 15 is 0 Å². The smallest absolute Gasteiger partial charge is 0.397 e. The number of anilines is 1. The molecule has 0 fully saturated rings. The first-order valence-electron chi connectivity index (χ1n) is 5.58. The number of alkyl halides is 3. The topological polar surface area (TPSA) is 70.0 Å². The number of hydrogen-bond donors (Lipinski definition) is 1. The molecule has 0 atom stereocenters. The van der Waals surface area contributed by atoms with Crippen LogP contribution in [0.15, 0.2) is 33.9 Å². The van der Waals surface area contributed by atoms with Crippen molar-refractivity contribution in [2.45, 2.75) is 6.18 Å². The van der Waals surface area contributed by atoms with Gasteiger partial charge in [-0.1, -0.05) is 11.6 Å². The number of aromatic nitrogens is 2. The Morgan fingerprint density at radius 3 is 2.33 bits per heavy atom. The highest BCUT2D eigenvalue weighted by Crippen LogP contribution is 2.27. The molecule has 9 heteroatoms. The standard InChI is InChI=1S/C12H9ClF3N3O2/c1-18-9(12(14,15)16)5-10(20)19(11(18)21)6-2-3-7(13)8(17)4-6/h2-5H,17H2,1H3. The van der Waals surface area contributed by atoms with E-state index in [0.717, 1.165) is 7.05 Å². The van der Waals surface area contributed by atoms with Gasteiger partial charge in [0.1, 0.15) is 5.69 Å². The van der Waals surface area contributed by atoms with E-state index in [1.807, 2.05) is 0 Å². The van der Waals surface area contributed by atoms with Crippen LogP contribution in [0.4, 0.5) is 18.9 Å². The van der Waals surface area contributed by atoms with Gasteiger partial charge in [0.15, 0.2) is 0 Å². The van der Waals surface area contributed by atoms with Crippen molar-refractivity contribution < 1.29 is 13.2 Å². The van der Waals surface area contributed by atoms with Crippen LogP contribution in [0.25, 0.3) is 5.69 Å². The van der Waals surface area contributed by atoms with Gasteiger partial charge < -0.3 is 5.73 Å². The molecule has 0 aliphatic heterocycles. The number of nitrogens with two attached hydrogens (primary N) is 1. The Balaban J connectivity index is 2.78. The lowest BCUT2D eigenvalue weighted by Crippen LogP contribution is -2.40. The van der Waals surface area contributed by atoms with Gasteiger partial charge in [0.05, 0.1) is 16.4 Å². The van der Waals surface area contributed by atoms with Gasteiger partial charge in [0.2, 0.25) is 0 Å². The molecule has 0 aliphatic carbocycles. The van der Waals surface area contributed by atoms with Crippen LogP contribution in [0.1, 0.15) is 5.69 Å². The average Bonchev–Trinajstić information content (AvgIpc) is 2.37. The third-order valence-corrected chi connectivity index (χ3v) is 3.19. The second-order valence-corrected chi connectivity index (χ2v) is 4.66. The normalized spacial score (nSPS) is 11.7. The minimum Gasteiger partial charge on any atom is -0.397 e. The Morgan fingerprint density at radius 2 is 1.81 bits per heavy atom. The van der Waals surface area contributed by atoms with Crippen molar-refractivity contribution in [3.05, 3.63) is 55.8 Å². The molecule has 21 heavy (non-hydrogen) atoms. The Hall–Kier alpha value is -2.22. The molecule has 2 rings (SSSR count). The lowest BCUT2D eigenvalue weighted by molar-refractivity contribution is -0.144. The molecule has 0 bridgehead atoms. The van der Waals surface area contributed by atoms with E-state index in [4.69, 9.17) is 17.3 Å². The van der Waals surface area contributed by atoms with Crippen molar-refractivity contribution >= 4 is 17.3 Å². The van der Waals surface area contributed by atoms with Crippen LogP contribution in [-0.2, 0) is 13.2 Å². The maximum atomic E-state index is 12.7. The van der Waals surface area contributed by atoms with E-state index in [0.29, 0.717) is 15.2 Å². The van der Waals surface area contributed by atoms with E-state index < -0.39 is 23.1 Å². The minimum absolute atomic E-state index is 0.0382. The largest absolute Gasteiger partial charge is 0.431 e. The number of nitrogen functional groups attached to an aromatic ring is 1. The molecular formula is C12H9ClF3N3O2. The summed E-state index contributed by atoms with van der Waals surface area (Å²) in [6.45, 7) is 0. The van der Waals surface area contributed by atoms with Gasteiger partial charge >= 0.3 is 11.9 Å². The zero-order valence-electron chi connectivity index (χ0n) is 10.6. The van der Waals surface area contributed by atoms with Gasteiger partial charge in [-0.05, 0) is 18.2 Å². The molecule has 1 aromatic carbocycles. The molecule has 1 aromatic heterocycles. The Bertz CT molecular complexity index is 824. The summed E-state index contributed by atoms with van der Waals surface area (Å²) in [5.74, 6) is 0. The SMILES string of the molecule is Cn1c(C(F)(F)F)cc(=O)n(-c2ccc(Cl)c(N)c2)c1=O. The monoisotopic (exact) mass is 319 g/mol. The van der Waals surface area contributed by atoms with E-state index in [2.05, 4.69) is 0 Å². The van der Waals surface area contributed by atoms with Crippen molar-refractivity contribution in [2.75, 3.05) is 5.73 Å². The van der Waals surface area contributed by atoms with Gasteiger partial charge in [-0.3, -0.25) is 9.36 Å². The number of hydrogen-bond acceptors (Lipinski definition) is 3. The molecule has 0 saturated heterocycles. The molecule has 112 valence electrons. The number of benzene rings is 1. The predicted molar refractivity (Wildman–Crippen MR) is 71.7 cm³/mol. The lowest BCUT2D eigenvalue weighted by Gasteiger charge is -2.14. The van der Waals surface area contributed by atoms with Gasteiger partial charge in [0.25, 0.3) is 5.56 Å². The van der Waals surface area contributed by atoms with Crippen LogP contribution in [0.3, 0.4) is 0 Å². The highest BCUT2D eigenvalue weighted by atomic mass is 35.5. The Kier molecular flexibility index (Phi) is 3.58. The highest BCUT2D eigenvalue weighted by Gasteiger charge is 2.35. The number of rotatable bonds is 1. The predicted octanol–water partition coefficient (Wildman–Crippen LogP) is 1.79. The first kappa shape index (κ1) is 15.2. The van der Waals surface area contributed by atoms with Crippen molar-refractivity contribution in [3.63, 3.8) is 0 Å². The van der Waals surface area contributed by atoms with Gasteiger partial charge in [-0.25, -0.2) is 9.36 Å². The third kappa shape index (κ3) is 2.66. The number of halogens is 4. The van der Waals surface area contributed by atoms with E-state index in [9.17, 15) is 22.8 Å². The molecule has 0 amide bonds. The summed E-state index contributed by atoms with van der Waals surface area (Å²) >= 11 is 5.72. The third-order valence-electron chi connectivity index (χ3n) is 2.85. The molecule has 2 aromatic rings. The summed E-state index contributed by atoms with van der Waals surface area (Å²) in [6.07, 6.45) is -4.80. The fourth-order valence-corrected chi connectivity index (χ4v) is 1.92. The zero-order chi connectivity index (χ0) is 15.9. The van der Waals surface area contributed by atoms with Crippen molar-refractivity contribution in [3.8, 4) is 5.69 Å². The maximum absolute atomic E-state index is 12.7. The molecule has 0 unspecified atom stereocenters. The molecule has 5 nitrogen and oxygen atoms in total. The first-order valence-corrected chi connectivity index (χ1v) is 5.96. The fourth-order valence-electron chi connectivity index (χ4n) is 1.81. The second kappa shape index (κ2) is 4.96. The summed E-state index contributed by atoms with van der Waals surface area (Å²) in [6, 6.07) is 4.25. The van der Waals surface area contributed by atoms with Gasteiger partial charge in [-0.2, -0.15) is 13.2 Å². The molecule has 0 saturated carbocycles. The maximum Gasteiger partial charge on any atom is 0.431 e. The summed E-state index contributed by atoms with van der Waals surface area (Å²) in [4.78, 5) is 23.8. The molecule has 0 aliphatic rings. The first-order chi connectivity index (χ1) is 9.62. The van der Waals surface area contributed by atoms with Crippen LogP contribution in [0.5, 0.6) is 0 Å². The summed E-state index contributed by atoms with van der Waals surface area (Å²) < 4.78 is 39.1. The molecule has 0 spiro atoms. The van der Waals surface area contributed by atoms with Crippen molar-refractivity contribution in [2.24, 2.45) is 7.05 Å². The van der Waals surface area contributed by atoms with Crippen LogP contribution in [-0.4, -0.2) is 9.13 Å². The highest BCUT2D eigenvalue weighted by molar-refractivity contribution is 6.33. The second-order valence-electron chi connectivity index (χ2n) is 4.25. The molecule has 2 N–H and O–H groups in total. The number of nitrogens with zero attached hydrogens (tertiary/aromatic N) is 2. The van der Waals surface area contributed by atoms with Gasteiger partial charge in [-0.15, -0.1) is 0 Å². The summed E-state index contributed by atoms with van der Waals surface area (Å²) in [7, 11) is 0.931. The fraction of sp³-hybridized carbons (Fsp3) is 0.167. The molecular weight excluding hydrogens is 311 g/mol. The van der Waals surface area contributed by atoms with Gasteiger partial charge in [0, 0.05) is 13.1 Å².